The van der Waals surface area contributed by atoms with E-state index < -0.39 is 0 Å². The smallest absolute Gasteiger partial charge is 0.260 e. The van der Waals surface area contributed by atoms with E-state index in [-0.39, 0.29) is 24.8 Å². The van der Waals surface area contributed by atoms with E-state index in [9.17, 15) is 9.59 Å². The van der Waals surface area contributed by atoms with Crippen molar-refractivity contribution < 1.29 is 19.1 Å². The fourth-order valence-electron chi connectivity index (χ4n) is 3.01. The van der Waals surface area contributed by atoms with Gasteiger partial charge in [0, 0.05) is 25.1 Å². The predicted octanol–water partition coefficient (Wildman–Crippen LogP) is 4.25. The van der Waals surface area contributed by atoms with Crippen LogP contribution in [-0.2, 0) is 9.59 Å². The van der Waals surface area contributed by atoms with Gasteiger partial charge in [-0.3, -0.25) is 9.59 Å². The van der Waals surface area contributed by atoms with Crippen molar-refractivity contribution in [2.75, 3.05) is 32.1 Å². The third-order valence-electron chi connectivity index (χ3n) is 4.86. The van der Waals surface area contributed by atoms with Gasteiger partial charge in [-0.1, -0.05) is 42.9 Å². The van der Waals surface area contributed by atoms with Gasteiger partial charge in [0.05, 0.1) is 7.11 Å². The van der Waals surface area contributed by atoms with Gasteiger partial charge in [0.2, 0.25) is 11.0 Å². The van der Waals surface area contributed by atoms with Crippen LogP contribution in [0.1, 0.15) is 26.2 Å². The third kappa shape index (κ3) is 7.57. The number of carbonyl (C=O) groups excluding carboxylic acids is 2. The van der Waals surface area contributed by atoms with Gasteiger partial charge in [-0.15, -0.1) is 10.2 Å². The molecule has 0 aliphatic heterocycles. The number of rotatable bonds is 12. The lowest BCUT2D eigenvalue weighted by atomic mass is 10.2. The predicted molar refractivity (Wildman–Crippen MR) is 129 cm³/mol. The number of nitrogens with zero attached hydrogens (tertiary/aromatic N) is 3. The summed E-state index contributed by atoms with van der Waals surface area (Å²) in [5.74, 6) is 1.04. The molecule has 0 saturated carbocycles. The van der Waals surface area contributed by atoms with Crippen LogP contribution in [0.5, 0.6) is 11.5 Å². The first-order valence-electron chi connectivity index (χ1n) is 10.8. The number of hydrogen-bond donors (Lipinski definition) is 1. The Morgan fingerprint density at radius 3 is 2.45 bits per heavy atom. The van der Waals surface area contributed by atoms with Crippen LogP contribution in [-0.4, -0.2) is 53.7 Å². The van der Waals surface area contributed by atoms with Crippen molar-refractivity contribution in [1.82, 2.24) is 15.1 Å². The zero-order chi connectivity index (χ0) is 23.5. The quantitative estimate of drug-likeness (QED) is 0.427. The Kier molecular flexibility index (Phi) is 9.19. The summed E-state index contributed by atoms with van der Waals surface area (Å²) in [4.78, 5) is 26.8. The highest BCUT2D eigenvalue weighted by Gasteiger charge is 2.16. The number of unbranched alkanes of at least 4 members (excludes halogenated alkanes) is 1. The van der Waals surface area contributed by atoms with Crippen LogP contribution < -0.4 is 14.8 Å². The summed E-state index contributed by atoms with van der Waals surface area (Å²) in [5.41, 5.74) is 0.892. The topological polar surface area (TPSA) is 93.7 Å². The minimum Gasteiger partial charge on any atom is -0.497 e. The molecular weight excluding hydrogens is 440 g/mol. The van der Waals surface area contributed by atoms with Gasteiger partial charge in [-0.05, 0) is 42.8 Å². The number of nitrogens with one attached hydrogen (secondary N) is 1. The zero-order valence-corrected chi connectivity index (χ0v) is 19.6. The van der Waals surface area contributed by atoms with Crippen LogP contribution in [0.3, 0.4) is 0 Å². The third-order valence-corrected chi connectivity index (χ3v) is 5.74. The molecule has 2 amide bonds. The first-order chi connectivity index (χ1) is 16.1. The molecular formula is C24H28N4O4S. The molecule has 8 nitrogen and oxygen atoms in total. The van der Waals surface area contributed by atoms with Crippen molar-refractivity contribution in [2.24, 2.45) is 0 Å². The van der Waals surface area contributed by atoms with Gasteiger partial charge in [0.1, 0.15) is 16.5 Å². The minimum atomic E-state index is -0.217. The van der Waals surface area contributed by atoms with Crippen LogP contribution >= 0.6 is 11.3 Å². The Bertz CT molecular complexity index is 1020. The molecule has 1 N–H and O–H groups in total. The van der Waals surface area contributed by atoms with Gasteiger partial charge in [-0.25, -0.2) is 0 Å². The van der Waals surface area contributed by atoms with E-state index in [0.717, 1.165) is 24.2 Å². The number of ether oxygens (including phenoxy) is 2. The molecule has 0 aliphatic carbocycles. The number of para-hydroxylation sites is 1. The van der Waals surface area contributed by atoms with E-state index in [1.807, 2.05) is 42.5 Å². The van der Waals surface area contributed by atoms with E-state index >= 15 is 0 Å². The molecule has 0 fully saturated rings. The molecule has 0 spiro atoms. The van der Waals surface area contributed by atoms with Crippen molar-refractivity contribution in [1.29, 1.82) is 0 Å². The number of anilines is 1. The Morgan fingerprint density at radius 2 is 1.76 bits per heavy atom. The molecule has 3 aromatic rings. The first kappa shape index (κ1) is 24.2. The maximum absolute atomic E-state index is 12.6. The average Bonchev–Trinajstić information content (AvgIpc) is 3.31. The standard InChI is InChI=1S/C24H28N4O4S/c1-3-4-15-28(22(30)17-32-20-8-6-5-7-9-20)16-14-21(29)25-24-27-26-23(33-24)18-10-12-19(31-2)13-11-18/h5-13H,3-4,14-17H2,1-2H3,(H,25,27,29). The SMILES string of the molecule is CCCCN(CCC(=O)Nc1nnc(-c2ccc(OC)cc2)s1)C(=O)COc1ccccc1. The molecule has 0 atom stereocenters. The molecule has 1 aromatic heterocycles. The molecule has 0 bridgehead atoms. The summed E-state index contributed by atoms with van der Waals surface area (Å²) < 4.78 is 10.7. The Hall–Kier alpha value is -3.46. The number of hydrogen-bond acceptors (Lipinski definition) is 7. The summed E-state index contributed by atoms with van der Waals surface area (Å²) in [7, 11) is 1.61. The molecule has 174 valence electrons. The fraction of sp³-hybridized carbons (Fsp3) is 0.333. The molecule has 2 aromatic carbocycles. The summed E-state index contributed by atoms with van der Waals surface area (Å²) in [5, 5.41) is 12.1. The van der Waals surface area contributed by atoms with E-state index in [4.69, 9.17) is 9.47 Å². The van der Waals surface area contributed by atoms with E-state index in [0.29, 0.717) is 29.0 Å². The molecule has 33 heavy (non-hydrogen) atoms. The summed E-state index contributed by atoms with van der Waals surface area (Å²) in [6, 6.07) is 16.7. The van der Waals surface area contributed by atoms with Crippen molar-refractivity contribution in [3.63, 3.8) is 0 Å². The second-order valence-corrected chi connectivity index (χ2v) is 8.25. The lowest BCUT2D eigenvalue weighted by Crippen LogP contribution is -2.37. The van der Waals surface area contributed by atoms with Crippen LogP contribution in [0.4, 0.5) is 5.13 Å². The van der Waals surface area contributed by atoms with Crippen LogP contribution in [0.25, 0.3) is 10.6 Å². The van der Waals surface area contributed by atoms with Crippen molar-refractivity contribution in [2.45, 2.75) is 26.2 Å². The van der Waals surface area contributed by atoms with Crippen molar-refractivity contribution >= 4 is 28.3 Å². The average molecular weight is 469 g/mol. The second kappa shape index (κ2) is 12.5. The highest BCUT2D eigenvalue weighted by molar-refractivity contribution is 7.18. The minimum absolute atomic E-state index is 0.0586. The number of carbonyl (C=O) groups is 2. The molecule has 0 unspecified atom stereocenters. The Labute approximate surface area is 197 Å². The second-order valence-electron chi connectivity index (χ2n) is 7.28. The first-order valence-corrected chi connectivity index (χ1v) is 11.6. The largest absolute Gasteiger partial charge is 0.497 e. The molecule has 0 radical (unpaired) electrons. The molecule has 0 aliphatic rings. The monoisotopic (exact) mass is 468 g/mol. The van der Waals surface area contributed by atoms with E-state index in [2.05, 4.69) is 22.4 Å². The Morgan fingerprint density at radius 1 is 1.00 bits per heavy atom. The summed E-state index contributed by atoms with van der Waals surface area (Å²) >= 11 is 1.29. The lowest BCUT2D eigenvalue weighted by molar-refractivity contribution is -0.133. The maximum atomic E-state index is 12.6. The highest BCUT2D eigenvalue weighted by Crippen LogP contribution is 2.27. The van der Waals surface area contributed by atoms with Crippen LogP contribution in [0, 0.1) is 0 Å². The molecule has 9 heteroatoms. The van der Waals surface area contributed by atoms with Gasteiger partial charge in [0.15, 0.2) is 6.61 Å². The van der Waals surface area contributed by atoms with Crippen LogP contribution in [0.2, 0.25) is 0 Å². The van der Waals surface area contributed by atoms with Gasteiger partial charge >= 0.3 is 0 Å². The van der Waals surface area contributed by atoms with Gasteiger partial charge in [0.25, 0.3) is 5.91 Å². The van der Waals surface area contributed by atoms with Gasteiger partial charge in [-0.2, -0.15) is 0 Å². The molecule has 3 rings (SSSR count). The maximum Gasteiger partial charge on any atom is 0.260 e. The number of amides is 2. The summed E-state index contributed by atoms with van der Waals surface area (Å²) in [6.07, 6.45) is 1.98. The van der Waals surface area contributed by atoms with E-state index in [1.54, 1.807) is 24.1 Å². The zero-order valence-electron chi connectivity index (χ0n) is 18.8. The normalized spacial score (nSPS) is 10.5. The number of benzene rings is 2. The molecule has 0 saturated heterocycles. The van der Waals surface area contributed by atoms with Crippen molar-refractivity contribution in [3.8, 4) is 22.1 Å². The molecule has 1 heterocycles. The number of aromatic nitrogens is 2. The van der Waals surface area contributed by atoms with Crippen molar-refractivity contribution in [3.05, 3.63) is 54.6 Å². The lowest BCUT2D eigenvalue weighted by Gasteiger charge is -2.22. The van der Waals surface area contributed by atoms with E-state index in [1.165, 1.54) is 11.3 Å². The summed E-state index contributed by atoms with van der Waals surface area (Å²) in [6.45, 7) is 2.90. The van der Waals surface area contributed by atoms with Crippen LogP contribution in [0.15, 0.2) is 54.6 Å². The Balaban J connectivity index is 1.51. The highest BCUT2D eigenvalue weighted by atomic mass is 32.1. The van der Waals surface area contributed by atoms with Gasteiger partial charge < -0.3 is 19.7 Å². The fourth-order valence-corrected chi connectivity index (χ4v) is 3.77. The number of methoxy groups -OCH3 is 1.